The van der Waals surface area contributed by atoms with E-state index in [0.717, 1.165) is 23.4 Å². The van der Waals surface area contributed by atoms with Crippen LogP contribution in [0, 0.1) is 13.8 Å². The topological polar surface area (TPSA) is 71.2 Å². The standard InChI is InChI=1S/C18H20N2O3/c1-10-16(12(3)21)11(2)19-17(10)18(22)20-14-8-13-6-4-5-7-15(13)23-9-14/h4-7,14,19H,8-9H2,1-3H3,(H,20,22)/t14-/m0/s1. The Bertz CT molecular complexity index is 777. The van der Waals surface area contributed by atoms with Gasteiger partial charge in [-0.25, -0.2) is 0 Å². The molecule has 1 amide bonds. The average Bonchev–Trinajstić information content (AvgIpc) is 2.82. The summed E-state index contributed by atoms with van der Waals surface area (Å²) in [5.74, 6) is 0.639. The number of hydrogen-bond donors (Lipinski definition) is 2. The number of carbonyl (C=O) groups excluding carboxylic acids is 2. The van der Waals surface area contributed by atoms with Crippen molar-refractivity contribution in [2.24, 2.45) is 0 Å². The minimum Gasteiger partial charge on any atom is -0.491 e. The van der Waals surface area contributed by atoms with E-state index in [-0.39, 0.29) is 17.7 Å². The number of ether oxygens (including phenoxy) is 1. The average molecular weight is 312 g/mol. The van der Waals surface area contributed by atoms with Crippen molar-refractivity contribution in [2.45, 2.75) is 33.2 Å². The zero-order valence-electron chi connectivity index (χ0n) is 13.5. The molecule has 5 nitrogen and oxygen atoms in total. The number of aryl methyl sites for hydroxylation is 1. The predicted molar refractivity (Wildman–Crippen MR) is 87.2 cm³/mol. The molecule has 1 aromatic carbocycles. The lowest BCUT2D eigenvalue weighted by Gasteiger charge is -2.26. The first kappa shape index (κ1) is 15.3. The Balaban J connectivity index is 1.76. The summed E-state index contributed by atoms with van der Waals surface area (Å²) in [6.45, 7) is 5.56. The minimum absolute atomic E-state index is 0.0368. The molecule has 3 rings (SSSR count). The molecule has 5 heteroatoms. The van der Waals surface area contributed by atoms with Crippen molar-refractivity contribution in [3.8, 4) is 5.75 Å². The fourth-order valence-electron chi connectivity index (χ4n) is 3.18. The van der Waals surface area contributed by atoms with Crippen LogP contribution in [-0.2, 0) is 6.42 Å². The van der Waals surface area contributed by atoms with Gasteiger partial charge in [0, 0.05) is 11.3 Å². The Morgan fingerprint density at radius 2 is 2.00 bits per heavy atom. The molecule has 0 radical (unpaired) electrons. The summed E-state index contributed by atoms with van der Waals surface area (Å²) in [7, 11) is 0. The molecular formula is C18H20N2O3. The van der Waals surface area contributed by atoms with E-state index >= 15 is 0 Å². The van der Waals surface area contributed by atoms with E-state index < -0.39 is 0 Å². The maximum atomic E-state index is 12.5. The van der Waals surface area contributed by atoms with Gasteiger partial charge in [-0.2, -0.15) is 0 Å². The third-order valence-electron chi connectivity index (χ3n) is 4.23. The Labute approximate surface area is 135 Å². The molecule has 0 fully saturated rings. The second-order valence-corrected chi connectivity index (χ2v) is 5.97. The Morgan fingerprint density at radius 3 is 2.70 bits per heavy atom. The lowest BCUT2D eigenvalue weighted by molar-refractivity contribution is 0.0910. The Kier molecular flexibility index (Phi) is 3.94. The number of hydrogen-bond acceptors (Lipinski definition) is 3. The Morgan fingerprint density at radius 1 is 1.26 bits per heavy atom. The highest BCUT2D eigenvalue weighted by Crippen LogP contribution is 2.24. The van der Waals surface area contributed by atoms with Gasteiger partial charge >= 0.3 is 0 Å². The quantitative estimate of drug-likeness (QED) is 0.856. The number of amides is 1. The molecule has 1 atom stereocenters. The molecule has 1 aliphatic heterocycles. The highest BCUT2D eigenvalue weighted by atomic mass is 16.5. The van der Waals surface area contributed by atoms with Crippen LogP contribution in [0.1, 0.15) is 44.6 Å². The van der Waals surface area contributed by atoms with E-state index in [1.54, 1.807) is 13.8 Å². The summed E-state index contributed by atoms with van der Waals surface area (Å²) in [5, 5.41) is 2.99. The van der Waals surface area contributed by atoms with Crippen LogP contribution in [0.5, 0.6) is 5.75 Å². The molecule has 0 saturated carbocycles. The third-order valence-corrected chi connectivity index (χ3v) is 4.23. The van der Waals surface area contributed by atoms with Crippen LogP contribution in [0.3, 0.4) is 0 Å². The van der Waals surface area contributed by atoms with Crippen molar-refractivity contribution >= 4 is 11.7 Å². The summed E-state index contributed by atoms with van der Waals surface area (Å²) in [6.07, 6.45) is 0.736. The van der Waals surface area contributed by atoms with Crippen LogP contribution in [0.4, 0.5) is 0 Å². The van der Waals surface area contributed by atoms with Gasteiger partial charge in [-0.15, -0.1) is 0 Å². The van der Waals surface area contributed by atoms with E-state index in [9.17, 15) is 9.59 Å². The first-order valence-electron chi connectivity index (χ1n) is 7.69. The van der Waals surface area contributed by atoms with Crippen LogP contribution in [0.2, 0.25) is 0 Å². The minimum atomic E-state index is -0.203. The van der Waals surface area contributed by atoms with Crippen LogP contribution in [0.25, 0.3) is 0 Å². The first-order valence-corrected chi connectivity index (χ1v) is 7.69. The number of carbonyl (C=O) groups is 2. The predicted octanol–water partition coefficient (Wildman–Crippen LogP) is 2.57. The second kappa shape index (κ2) is 5.91. The van der Waals surface area contributed by atoms with Gasteiger partial charge in [-0.3, -0.25) is 9.59 Å². The fourth-order valence-corrected chi connectivity index (χ4v) is 3.18. The van der Waals surface area contributed by atoms with Crippen LogP contribution in [0.15, 0.2) is 24.3 Å². The molecule has 120 valence electrons. The van der Waals surface area contributed by atoms with Crippen molar-refractivity contribution in [3.63, 3.8) is 0 Å². The number of para-hydroxylation sites is 1. The number of H-pyrrole nitrogens is 1. The molecule has 1 aromatic heterocycles. The number of aromatic nitrogens is 1. The zero-order chi connectivity index (χ0) is 16.6. The van der Waals surface area contributed by atoms with Gasteiger partial charge in [0.15, 0.2) is 5.78 Å². The maximum absolute atomic E-state index is 12.5. The molecule has 0 bridgehead atoms. The van der Waals surface area contributed by atoms with Crippen molar-refractivity contribution in [1.29, 1.82) is 0 Å². The monoisotopic (exact) mass is 312 g/mol. The van der Waals surface area contributed by atoms with Gasteiger partial charge in [0.2, 0.25) is 0 Å². The fraction of sp³-hybridized carbons (Fsp3) is 0.333. The molecule has 1 aliphatic rings. The zero-order valence-corrected chi connectivity index (χ0v) is 13.5. The molecule has 0 spiro atoms. The maximum Gasteiger partial charge on any atom is 0.268 e. The van der Waals surface area contributed by atoms with Crippen LogP contribution < -0.4 is 10.1 Å². The third kappa shape index (κ3) is 2.86. The number of rotatable bonds is 3. The molecule has 0 unspecified atom stereocenters. The van der Waals surface area contributed by atoms with Crippen LogP contribution in [-0.4, -0.2) is 29.3 Å². The summed E-state index contributed by atoms with van der Waals surface area (Å²) in [6, 6.07) is 7.76. The largest absolute Gasteiger partial charge is 0.491 e. The van der Waals surface area contributed by atoms with E-state index in [4.69, 9.17) is 4.74 Å². The Hall–Kier alpha value is -2.56. The number of fused-ring (bicyclic) bond motifs is 1. The smallest absolute Gasteiger partial charge is 0.268 e. The number of ketones is 1. The number of nitrogens with one attached hydrogen (secondary N) is 2. The van der Waals surface area contributed by atoms with Gasteiger partial charge in [0.25, 0.3) is 5.91 Å². The van der Waals surface area contributed by atoms with Gasteiger partial charge in [0.05, 0.1) is 6.04 Å². The summed E-state index contributed by atoms with van der Waals surface area (Å²) in [5.41, 5.74) is 3.56. The van der Waals surface area contributed by atoms with Crippen LogP contribution >= 0.6 is 0 Å². The van der Waals surface area contributed by atoms with Crippen molar-refractivity contribution in [1.82, 2.24) is 10.3 Å². The molecule has 23 heavy (non-hydrogen) atoms. The molecule has 2 N–H and O–H groups in total. The number of aromatic amines is 1. The van der Waals surface area contributed by atoms with Crippen molar-refractivity contribution < 1.29 is 14.3 Å². The molecule has 0 saturated heterocycles. The van der Waals surface area contributed by atoms with E-state index in [2.05, 4.69) is 10.3 Å². The highest BCUT2D eigenvalue weighted by Gasteiger charge is 2.24. The lowest BCUT2D eigenvalue weighted by atomic mass is 10.0. The van der Waals surface area contributed by atoms with Crippen molar-refractivity contribution in [2.75, 3.05) is 6.61 Å². The van der Waals surface area contributed by atoms with Gasteiger partial charge in [-0.1, -0.05) is 18.2 Å². The molecular weight excluding hydrogens is 292 g/mol. The van der Waals surface area contributed by atoms with E-state index in [0.29, 0.717) is 23.4 Å². The molecule has 2 heterocycles. The normalized spacial score (nSPS) is 16.4. The molecule has 0 aliphatic carbocycles. The summed E-state index contributed by atoms with van der Waals surface area (Å²) >= 11 is 0. The van der Waals surface area contributed by atoms with Crippen molar-refractivity contribution in [3.05, 3.63) is 52.3 Å². The van der Waals surface area contributed by atoms with E-state index in [1.165, 1.54) is 6.92 Å². The van der Waals surface area contributed by atoms with Gasteiger partial charge in [-0.05, 0) is 44.4 Å². The first-order chi connectivity index (χ1) is 11.0. The van der Waals surface area contributed by atoms with Gasteiger partial charge in [0.1, 0.15) is 18.1 Å². The van der Waals surface area contributed by atoms with E-state index in [1.807, 2.05) is 24.3 Å². The van der Waals surface area contributed by atoms with Gasteiger partial charge < -0.3 is 15.0 Å². The summed E-state index contributed by atoms with van der Waals surface area (Å²) < 4.78 is 5.69. The lowest BCUT2D eigenvalue weighted by Crippen LogP contribution is -2.43. The number of Topliss-reactive ketones (excluding diaryl/α,β-unsaturated/α-hetero) is 1. The SMILES string of the molecule is CC(=O)c1c(C)[nH]c(C(=O)N[C@@H]2COc3ccccc3C2)c1C. The molecule has 2 aromatic rings. The summed E-state index contributed by atoms with van der Waals surface area (Å²) in [4.78, 5) is 27.2. The number of benzene rings is 1. The highest BCUT2D eigenvalue weighted by molar-refractivity contribution is 6.02. The second-order valence-electron chi connectivity index (χ2n) is 5.97.